The predicted molar refractivity (Wildman–Crippen MR) is 62.1 cm³/mol. The molecule has 2 unspecified atom stereocenters. The van der Waals surface area contributed by atoms with E-state index in [4.69, 9.17) is 23.2 Å². The van der Waals surface area contributed by atoms with Crippen LogP contribution in [-0.2, 0) is 6.42 Å². The van der Waals surface area contributed by atoms with Gasteiger partial charge in [-0.1, -0.05) is 24.1 Å². The molecule has 82 valence electrons. The average molecular weight is 247 g/mol. The van der Waals surface area contributed by atoms with Gasteiger partial charge in [0, 0.05) is 16.0 Å². The number of alkyl halides is 1. The monoisotopic (exact) mass is 246 g/mol. The fourth-order valence-corrected chi connectivity index (χ4v) is 2.82. The quantitative estimate of drug-likeness (QED) is 0.678. The van der Waals surface area contributed by atoms with E-state index in [9.17, 15) is 4.39 Å². The number of rotatable bonds is 2. The van der Waals surface area contributed by atoms with Crippen molar-refractivity contribution in [1.29, 1.82) is 0 Å². The van der Waals surface area contributed by atoms with Crippen LogP contribution in [0.25, 0.3) is 0 Å². The van der Waals surface area contributed by atoms with Crippen LogP contribution >= 0.6 is 23.2 Å². The lowest BCUT2D eigenvalue weighted by atomic mass is 9.97. The molecule has 0 spiro atoms. The summed E-state index contributed by atoms with van der Waals surface area (Å²) in [6.45, 7) is 0. The summed E-state index contributed by atoms with van der Waals surface area (Å²) < 4.78 is 13.5. The number of hydrogen-bond acceptors (Lipinski definition) is 0. The van der Waals surface area contributed by atoms with Crippen LogP contribution < -0.4 is 0 Å². The molecular formula is C12H13Cl2F. The van der Waals surface area contributed by atoms with E-state index in [1.54, 1.807) is 12.1 Å². The van der Waals surface area contributed by atoms with Crippen molar-refractivity contribution in [3.63, 3.8) is 0 Å². The van der Waals surface area contributed by atoms with Gasteiger partial charge >= 0.3 is 0 Å². The van der Waals surface area contributed by atoms with Gasteiger partial charge in [0.15, 0.2) is 0 Å². The van der Waals surface area contributed by atoms with Crippen molar-refractivity contribution in [2.45, 2.75) is 31.1 Å². The molecule has 1 fully saturated rings. The van der Waals surface area contributed by atoms with E-state index in [2.05, 4.69) is 0 Å². The first-order valence-electron chi connectivity index (χ1n) is 5.25. The number of benzene rings is 1. The molecule has 0 N–H and O–H groups in total. The van der Waals surface area contributed by atoms with Gasteiger partial charge in [0.05, 0.1) is 0 Å². The highest BCUT2D eigenvalue weighted by atomic mass is 35.5. The summed E-state index contributed by atoms with van der Waals surface area (Å²) in [4.78, 5) is 0. The Hall–Kier alpha value is -0.270. The van der Waals surface area contributed by atoms with E-state index in [1.165, 1.54) is 6.07 Å². The SMILES string of the molecule is Fc1cccc(Cl)c1CC1CCCC1Cl. The molecule has 3 heteroatoms. The van der Waals surface area contributed by atoms with E-state index in [0.717, 1.165) is 19.3 Å². The zero-order valence-corrected chi connectivity index (χ0v) is 9.86. The Morgan fingerprint density at radius 3 is 2.73 bits per heavy atom. The molecule has 1 aliphatic rings. The lowest BCUT2D eigenvalue weighted by Crippen LogP contribution is -2.11. The molecule has 1 aromatic carbocycles. The molecule has 15 heavy (non-hydrogen) atoms. The van der Waals surface area contributed by atoms with Crippen molar-refractivity contribution < 1.29 is 4.39 Å². The maximum Gasteiger partial charge on any atom is 0.127 e. The molecular weight excluding hydrogens is 234 g/mol. The van der Waals surface area contributed by atoms with Gasteiger partial charge in [-0.25, -0.2) is 4.39 Å². The van der Waals surface area contributed by atoms with Crippen LogP contribution in [0.15, 0.2) is 18.2 Å². The minimum absolute atomic E-state index is 0.181. The summed E-state index contributed by atoms with van der Waals surface area (Å²) in [5.41, 5.74) is 0.622. The summed E-state index contributed by atoms with van der Waals surface area (Å²) in [6.07, 6.45) is 3.93. The first-order valence-corrected chi connectivity index (χ1v) is 6.07. The van der Waals surface area contributed by atoms with Gasteiger partial charge in [-0.15, -0.1) is 11.6 Å². The van der Waals surface area contributed by atoms with Crippen molar-refractivity contribution in [2.24, 2.45) is 5.92 Å². The normalized spacial score (nSPS) is 25.8. The Kier molecular flexibility index (Phi) is 3.53. The third-order valence-electron chi connectivity index (χ3n) is 3.09. The summed E-state index contributed by atoms with van der Waals surface area (Å²) in [5.74, 6) is 0.166. The molecule has 0 saturated heterocycles. The molecule has 1 aromatic rings. The van der Waals surface area contributed by atoms with E-state index in [-0.39, 0.29) is 11.2 Å². The van der Waals surface area contributed by atoms with E-state index in [1.807, 2.05) is 0 Å². The minimum Gasteiger partial charge on any atom is -0.207 e. The molecule has 0 aliphatic heterocycles. The number of halogens is 3. The molecule has 0 radical (unpaired) electrons. The zero-order chi connectivity index (χ0) is 10.8. The van der Waals surface area contributed by atoms with Gasteiger partial charge in [-0.05, 0) is 37.3 Å². The van der Waals surface area contributed by atoms with Gasteiger partial charge in [0.2, 0.25) is 0 Å². The van der Waals surface area contributed by atoms with Crippen LogP contribution in [0.4, 0.5) is 4.39 Å². The minimum atomic E-state index is -0.210. The lowest BCUT2D eigenvalue weighted by Gasteiger charge is -2.14. The Morgan fingerprint density at radius 2 is 2.13 bits per heavy atom. The summed E-state index contributed by atoms with van der Waals surface area (Å²) >= 11 is 12.1. The van der Waals surface area contributed by atoms with E-state index in [0.29, 0.717) is 22.9 Å². The molecule has 0 amide bonds. The second-order valence-corrected chi connectivity index (χ2v) is 5.08. The van der Waals surface area contributed by atoms with Gasteiger partial charge in [0.1, 0.15) is 5.82 Å². The highest BCUT2D eigenvalue weighted by molar-refractivity contribution is 6.31. The molecule has 0 aromatic heterocycles. The Balaban J connectivity index is 2.16. The van der Waals surface area contributed by atoms with E-state index < -0.39 is 0 Å². The lowest BCUT2D eigenvalue weighted by molar-refractivity contribution is 0.525. The van der Waals surface area contributed by atoms with Crippen LogP contribution in [0, 0.1) is 11.7 Å². The van der Waals surface area contributed by atoms with Crippen molar-refractivity contribution in [3.05, 3.63) is 34.6 Å². The van der Waals surface area contributed by atoms with Gasteiger partial charge in [0.25, 0.3) is 0 Å². The van der Waals surface area contributed by atoms with Crippen molar-refractivity contribution in [3.8, 4) is 0 Å². The van der Waals surface area contributed by atoms with Crippen molar-refractivity contribution in [2.75, 3.05) is 0 Å². The second-order valence-electron chi connectivity index (χ2n) is 4.11. The predicted octanol–water partition coefficient (Wildman–Crippen LogP) is 4.43. The van der Waals surface area contributed by atoms with Crippen molar-refractivity contribution in [1.82, 2.24) is 0 Å². The molecule has 2 atom stereocenters. The third-order valence-corrected chi connectivity index (χ3v) is 4.02. The Labute approximate surface area is 99.4 Å². The first-order chi connectivity index (χ1) is 7.18. The number of hydrogen-bond donors (Lipinski definition) is 0. The average Bonchev–Trinajstić information content (AvgIpc) is 2.58. The van der Waals surface area contributed by atoms with Gasteiger partial charge in [-0.3, -0.25) is 0 Å². The molecule has 0 nitrogen and oxygen atoms in total. The zero-order valence-electron chi connectivity index (χ0n) is 8.35. The van der Waals surface area contributed by atoms with Crippen LogP contribution in [0.1, 0.15) is 24.8 Å². The fourth-order valence-electron chi connectivity index (χ4n) is 2.21. The summed E-state index contributed by atoms with van der Waals surface area (Å²) in [7, 11) is 0. The maximum absolute atomic E-state index is 13.5. The van der Waals surface area contributed by atoms with Gasteiger partial charge < -0.3 is 0 Å². The fraction of sp³-hybridized carbons (Fsp3) is 0.500. The van der Waals surface area contributed by atoms with Crippen LogP contribution in [0.5, 0.6) is 0 Å². The van der Waals surface area contributed by atoms with E-state index >= 15 is 0 Å². The Bertz CT molecular complexity index is 331. The largest absolute Gasteiger partial charge is 0.207 e. The highest BCUT2D eigenvalue weighted by Crippen LogP contribution is 2.34. The van der Waals surface area contributed by atoms with Gasteiger partial charge in [-0.2, -0.15) is 0 Å². The molecule has 2 rings (SSSR count). The molecule has 1 saturated carbocycles. The standard InChI is InChI=1S/C12H13Cl2F/c13-10-4-1-3-8(10)7-9-11(14)5-2-6-12(9)15/h2,5-6,8,10H,1,3-4,7H2. The van der Waals surface area contributed by atoms with Crippen molar-refractivity contribution >= 4 is 23.2 Å². The first kappa shape index (κ1) is 11.2. The second kappa shape index (κ2) is 4.71. The summed E-state index contributed by atoms with van der Waals surface area (Å²) in [6, 6.07) is 4.82. The molecule has 0 heterocycles. The third kappa shape index (κ3) is 2.46. The van der Waals surface area contributed by atoms with Crippen LogP contribution in [0.3, 0.4) is 0 Å². The van der Waals surface area contributed by atoms with Crippen LogP contribution in [0.2, 0.25) is 5.02 Å². The Morgan fingerprint density at radius 1 is 1.33 bits per heavy atom. The van der Waals surface area contributed by atoms with Crippen LogP contribution in [-0.4, -0.2) is 5.38 Å². The maximum atomic E-state index is 13.5. The highest BCUT2D eigenvalue weighted by Gasteiger charge is 2.26. The molecule has 1 aliphatic carbocycles. The topological polar surface area (TPSA) is 0 Å². The smallest absolute Gasteiger partial charge is 0.127 e. The molecule has 0 bridgehead atoms. The summed E-state index contributed by atoms with van der Waals surface area (Å²) in [5, 5.41) is 0.700.